The summed E-state index contributed by atoms with van der Waals surface area (Å²) >= 11 is 0. The van der Waals surface area contributed by atoms with E-state index >= 15 is 0 Å². The predicted molar refractivity (Wildman–Crippen MR) is 187 cm³/mol. The Kier molecular flexibility index (Phi) is 19.5. The van der Waals surface area contributed by atoms with Crippen molar-refractivity contribution in [3.63, 3.8) is 0 Å². The highest BCUT2D eigenvalue weighted by molar-refractivity contribution is 5.47. The molecule has 0 bridgehead atoms. The molecule has 232 valence electrons. The monoisotopic (exact) mass is 572 g/mol. The van der Waals surface area contributed by atoms with Crippen LogP contribution >= 0.6 is 0 Å². The van der Waals surface area contributed by atoms with Crippen LogP contribution in [0.1, 0.15) is 129 Å². The summed E-state index contributed by atoms with van der Waals surface area (Å²) in [5, 5.41) is 0. The molecule has 0 nitrogen and oxygen atoms in total. The highest BCUT2D eigenvalue weighted by Gasteiger charge is 2.35. The third-order valence-electron chi connectivity index (χ3n) is 8.40. The SMILES string of the molecule is C=CCCCCCC.C=Cc1ccc(CC2C3=CC=C(C(C)C)CC3CCCC2c2ccc(F)cc2)cc1.CC.CC. The third kappa shape index (κ3) is 12.3. The number of rotatable bonds is 10. The van der Waals surface area contributed by atoms with E-state index in [1.54, 1.807) is 23.3 Å². The highest BCUT2D eigenvalue weighted by Crippen LogP contribution is 2.47. The zero-order chi connectivity index (χ0) is 31.3. The lowest BCUT2D eigenvalue weighted by Gasteiger charge is -2.33. The molecule has 4 rings (SSSR count). The van der Waals surface area contributed by atoms with Crippen LogP contribution in [0, 0.1) is 23.6 Å². The van der Waals surface area contributed by atoms with Gasteiger partial charge in [-0.05, 0) is 91.0 Å². The number of fused-ring (bicyclic) bond motifs is 1. The number of halogens is 1. The quantitative estimate of drug-likeness (QED) is 0.196. The van der Waals surface area contributed by atoms with Crippen LogP contribution in [-0.2, 0) is 6.42 Å². The van der Waals surface area contributed by atoms with Crippen molar-refractivity contribution in [2.45, 2.75) is 119 Å². The van der Waals surface area contributed by atoms with Gasteiger partial charge in [-0.25, -0.2) is 4.39 Å². The van der Waals surface area contributed by atoms with Crippen molar-refractivity contribution in [1.82, 2.24) is 0 Å². The summed E-state index contributed by atoms with van der Waals surface area (Å²) in [4.78, 5) is 0. The Balaban J connectivity index is 0.000000631. The fourth-order valence-corrected chi connectivity index (χ4v) is 6.08. The number of unbranched alkanes of at least 4 members (excludes halogenated alkanes) is 4. The van der Waals surface area contributed by atoms with E-state index in [4.69, 9.17) is 0 Å². The average Bonchev–Trinajstić information content (AvgIpc) is 3.21. The van der Waals surface area contributed by atoms with Crippen LogP contribution in [0.15, 0.2) is 91.1 Å². The lowest BCUT2D eigenvalue weighted by Crippen LogP contribution is -2.22. The molecule has 3 unspecified atom stereocenters. The minimum atomic E-state index is -0.150. The predicted octanol–water partition coefficient (Wildman–Crippen LogP) is 13.3. The highest BCUT2D eigenvalue weighted by atomic mass is 19.1. The van der Waals surface area contributed by atoms with E-state index in [1.807, 2.05) is 52.0 Å². The topological polar surface area (TPSA) is 0 Å². The van der Waals surface area contributed by atoms with E-state index < -0.39 is 0 Å². The van der Waals surface area contributed by atoms with E-state index in [-0.39, 0.29) is 5.82 Å². The fourth-order valence-electron chi connectivity index (χ4n) is 6.08. The van der Waals surface area contributed by atoms with Gasteiger partial charge in [0.1, 0.15) is 5.82 Å². The van der Waals surface area contributed by atoms with Gasteiger partial charge in [-0.2, -0.15) is 0 Å². The van der Waals surface area contributed by atoms with Crippen molar-refractivity contribution in [3.05, 3.63) is 114 Å². The van der Waals surface area contributed by atoms with Crippen molar-refractivity contribution in [2.24, 2.45) is 17.8 Å². The Bertz CT molecular complexity index is 1050. The van der Waals surface area contributed by atoms with Crippen LogP contribution in [0.4, 0.5) is 4.39 Å². The summed E-state index contributed by atoms with van der Waals surface area (Å²) < 4.78 is 13.6. The summed E-state index contributed by atoms with van der Waals surface area (Å²) in [7, 11) is 0. The van der Waals surface area contributed by atoms with Crippen LogP contribution in [0.3, 0.4) is 0 Å². The molecule has 2 aromatic rings. The molecule has 2 aromatic carbocycles. The van der Waals surface area contributed by atoms with Gasteiger partial charge < -0.3 is 0 Å². The Labute approximate surface area is 259 Å². The average molecular weight is 573 g/mol. The van der Waals surface area contributed by atoms with Gasteiger partial charge in [-0.3, -0.25) is 0 Å². The second-order valence-corrected chi connectivity index (χ2v) is 11.4. The third-order valence-corrected chi connectivity index (χ3v) is 8.40. The largest absolute Gasteiger partial charge is 0.207 e. The van der Waals surface area contributed by atoms with E-state index in [1.165, 1.54) is 68.9 Å². The first-order valence-electron chi connectivity index (χ1n) is 16.9. The van der Waals surface area contributed by atoms with Gasteiger partial charge in [0.05, 0.1) is 0 Å². The molecule has 0 amide bonds. The molecule has 1 saturated carbocycles. The van der Waals surface area contributed by atoms with Crippen molar-refractivity contribution >= 4 is 6.08 Å². The lowest BCUT2D eigenvalue weighted by molar-refractivity contribution is 0.441. The van der Waals surface area contributed by atoms with Gasteiger partial charge in [-0.15, -0.1) is 6.58 Å². The first-order chi connectivity index (χ1) is 20.5. The molecule has 0 aliphatic heterocycles. The maximum atomic E-state index is 13.6. The molecule has 3 atom stereocenters. The zero-order valence-electron chi connectivity index (χ0n) is 28.1. The summed E-state index contributed by atoms with van der Waals surface area (Å²) in [6.45, 7) is 22.4. The van der Waals surface area contributed by atoms with E-state index in [0.29, 0.717) is 23.7 Å². The molecule has 2 aliphatic carbocycles. The standard InChI is InChI=1S/C29H33F.C8H16.2C2H6/c1-4-21-8-10-22(11-9-21)18-29-27(23-12-15-26(30)16-13-23)7-5-6-25-19-24(20(2)3)14-17-28(25)29;1-3-5-7-8-6-4-2;2*1-2/h4,8-17,20,25,27,29H,1,5-7,18-19H2,2-3H3;3H,1,4-8H2,2H3;2*1-2H3. The van der Waals surface area contributed by atoms with Crippen LogP contribution in [0.25, 0.3) is 6.08 Å². The summed E-state index contributed by atoms with van der Waals surface area (Å²) in [6, 6.07) is 16.1. The van der Waals surface area contributed by atoms with E-state index in [9.17, 15) is 4.39 Å². The Morgan fingerprint density at radius 1 is 0.857 bits per heavy atom. The minimum Gasteiger partial charge on any atom is -0.207 e. The van der Waals surface area contributed by atoms with Gasteiger partial charge in [-0.1, -0.05) is 153 Å². The normalized spacial score (nSPS) is 19.1. The molecule has 0 saturated heterocycles. The molecule has 0 heterocycles. The number of hydrogen-bond acceptors (Lipinski definition) is 0. The zero-order valence-corrected chi connectivity index (χ0v) is 28.1. The molecule has 0 aromatic heterocycles. The molecule has 0 spiro atoms. The second kappa shape index (κ2) is 21.9. The van der Waals surface area contributed by atoms with Gasteiger partial charge >= 0.3 is 0 Å². The second-order valence-electron chi connectivity index (χ2n) is 11.4. The van der Waals surface area contributed by atoms with Gasteiger partial charge in [0, 0.05) is 0 Å². The molecule has 2 aliphatic rings. The van der Waals surface area contributed by atoms with Crippen LogP contribution in [-0.4, -0.2) is 0 Å². The van der Waals surface area contributed by atoms with Crippen LogP contribution < -0.4 is 0 Å². The van der Waals surface area contributed by atoms with Gasteiger partial charge in [0.25, 0.3) is 0 Å². The molecular formula is C41H61F. The van der Waals surface area contributed by atoms with Crippen LogP contribution in [0.2, 0.25) is 0 Å². The van der Waals surface area contributed by atoms with E-state index in [0.717, 1.165) is 12.0 Å². The molecule has 1 fully saturated rings. The number of allylic oxidation sites excluding steroid dienone is 5. The Morgan fingerprint density at radius 3 is 2.10 bits per heavy atom. The van der Waals surface area contributed by atoms with E-state index in [2.05, 4.69) is 70.3 Å². The summed E-state index contributed by atoms with van der Waals surface area (Å²) in [5.74, 6) is 2.01. The van der Waals surface area contributed by atoms with Crippen molar-refractivity contribution in [3.8, 4) is 0 Å². The summed E-state index contributed by atoms with van der Waals surface area (Å²) in [6.07, 6.45) is 21.2. The fraction of sp³-hybridized carbons (Fsp3) is 0.512. The molecule has 0 radical (unpaired) electrons. The maximum absolute atomic E-state index is 13.6. The first kappa shape index (κ1) is 37.4. The lowest BCUT2D eigenvalue weighted by atomic mass is 9.71. The smallest absolute Gasteiger partial charge is 0.123 e. The molecule has 42 heavy (non-hydrogen) atoms. The minimum absolute atomic E-state index is 0.150. The molecule has 0 N–H and O–H groups in total. The summed E-state index contributed by atoms with van der Waals surface area (Å²) in [5.41, 5.74) is 7.01. The maximum Gasteiger partial charge on any atom is 0.123 e. The van der Waals surface area contributed by atoms with Crippen molar-refractivity contribution < 1.29 is 4.39 Å². The Hall–Kier alpha value is -2.67. The van der Waals surface area contributed by atoms with Crippen molar-refractivity contribution in [2.75, 3.05) is 0 Å². The Morgan fingerprint density at radius 2 is 1.52 bits per heavy atom. The van der Waals surface area contributed by atoms with Crippen LogP contribution in [0.5, 0.6) is 0 Å². The van der Waals surface area contributed by atoms with Crippen molar-refractivity contribution in [1.29, 1.82) is 0 Å². The number of hydrogen-bond donors (Lipinski definition) is 0. The van der Waals surface area contributed by atoms with Gasteiger partial charge in [0.15, 0.2) is 0 Å². The molecular weight excluding hydrogens is 511 g/mol. The number of benzene rings is 2. The van der Waals surface area contributed by atoms with Gasteiger partial charge in [0.2, 0.25) is 0 Å². The first-order valence-corrected chi connectivity index (χ1v) is 16.9. The molecule has 1 heteroatoms.